The van der Waals surface area contributed by atoms with Crippen LogP contribution in [-0.4, -0.2) is 49.5 Å². The normalized spacial score (nSPS) is 21.7. The van der Waals surface area contributed by atoms with Crippen molar-refractivity contribution < 1.29 is 4.79 Å². The summed E-state index contributed by atoms with van der Waals surface area (Å²) in [4.78, 5) is 18.8. The lowest BCUT2D eigenvalue weighted by molar-refractivity contribution is -0.130. The predicted octanol–water partition coefficient (Wildman–Crippen LogP) is 2.91. The summed E-state index contributed by atoms with van der Waals surface area (Å²) in [5.41, 5.74) is 0.390. The molecule has 1 saturated heterocycles. The van der Waals surface area contributed by atoms with Crippen LogP contribution in [0.5, 0.6) is 0 Å². The Labute approximate surface area is 147 Å². The first-order valence-corrected chi connectivity index (χ1v) is 9.93. The minimum absolute atomic E-state index is 0.335. The first kappa shape index (κ1) is 19.1. The van der Waals surface area contributed by atoms with Gasteiger partial charge < -0.3 is 15.5 Å². The molecule has 1 amide bonds. The lowest BCUT2D eigenvalue weighted by Gasteiger charge is -2.22. The average Bonchev–Trinajstić information content (AvgIpc) is 2.90. The third-order valence-electron chi connectivity index (χ3n) is 5.34. The van der Waals surface area contributed by atoms with Gasteiger partial charge in [-0.2, -0.15) is 0 Å². The molecule has 2 N–H and O–H groups in total. The van der Waals surface area contributed by atoms with Crippen LogP contribution in [-0.2, 0) is 4.79 Å². The maximum atomic E-state index is 12.0. The van der Waals surface area contributed by atoms with Crippen molar-refractivity contribution in [3.05, 3.63) is 0 Å². The van der Waals surface area contributed by atoms with Crippen LogP contribution in [0, 0.1) is 5.41 Å². The smallest absolute Gasteiger partial charge is 0.222 e. The molecular formula is C19H36N4O. The van der Waals surface area contributed by atoms with Gasteiger partial charge in [-0.15, -0.1) is 0 Å². The van der Waals surface area contributed by atoms with Crippen molar-refractivity contribution in [2.45, 2.75) is 71.6 Å². The van der Waals surface area contributed by atoms with Crippen molar-refractivity contribution in [2.75, 3.05) is 32.7 Å². The number of hydrogen-bond acceptors (Lipinski definition) is 2. The number of aliphatic imine (C=N–C) groups is 1. The van der Waals surface area contributed by atoms with Gasteiger partial charge in [0.25, 0.3) is 0 Å². The third-order valence-corrected chi connectivity index (χ3v) is 5.34. The predicted molar refractivity (Wildman–Crippen MR) is 100 cm³/mol. The van der Waals surface area contributed by atoms with Gasteiger partial charge in [-0.3, -0.25) is 9.79 Å². The Balaban J connectivity index is 1.71. The fraction of sp³-hybridized carbons (Fsp3) is 0.895. The number of amides is 1. The molecule has 1 aliphatic heterocycles. The van der Waals surface area contributed by atoms with Crippen LogP contribution in [0.1, 0.15) is 71.6 Å². The summed E-state index contributed by atoms with van der Waals surface area (Å²) < 4.78 is 0. The molecule has 0 unspecified atom stereocenters. The molecule has 5 heteroatoms. The van der Waals surface area contributed by atoms with Gasteiger partial charge in [-0.05, 0) is 44.4 Å². The van der Waals surface area contributed by atoms with E-state index in [0.29, 0.717) is 11.3 Å². The van der Waals surface area contributed by atoms with E-state index in [1.165, 1.54) is 32.1 Å². The van der Waals surface area contributed by atoms with Crippen LogP contribution < -0.4 is 10.6 Å². The molecule has 2 aliphatic rings. The quantitative estimate of drug-likeness (QED) is 0.427. The van der Waals surface area contributed by atoms with E-state index < -0.39 is 0 Å². The molecule has 2 fully saturated rings. The van der Waals surface area contributed by atoms with Gasteiger partial charge in [0.2, 0.25) is 5.91 Å². The fourth-order valence-electron chi connectivity index (χ4n) is 3.75. The van der Waals surface area contributed by atoms with Gasteiger partial charge in [-0.25, -0.2) is 0 Å². The first-order chi connectivity index (χ1) is 11.6. The first-order valence-electron chi connectivity index (χ1n) is 9.93. The summed E-state index contributed by atoms with van der Waals surface area (Å²) in [6.07, 6.45) is 10.4. The Morgan fingerprint density at radius 3 is 2.71 bits per heavy atom. The van der Waals surface area contributed by atoms with Crippen LogP contribution in [0.4, 0.5) is 0 Å². The standard InChI is InChI=1S/C19H36N4O/c1-3-20-18(22-16-19(2)11-6-7-12-19)21-13-9-15-23-14-8-4-5-10-17(23)24/h3-16H2,1-2H3,(H2,20,21,22). The lowest BCUT2D eigenvalue weighted by atomic mass is 9.89. The summed E-state index contributed by atoms with van der Waals surface area (Å²) in [5, 5.41) is 6.77. The second-order valence-electron chi connectivity index (χ2n) is 7.68. The highest BCUT2D eigenvalue weighted by molar-refractivity contribution is 5.79. The summed E-state index contributed by atoms with van der Waals surface area (Å²) in [6.45, 7) is 8.92. The maximum Gasteiger partial charge on any atom is 0.222 e. The molecule has 0 aromatic carbocycles. The van der Waals surface area contributed by atoms with E-state index >= 15 is 0 Å². The fourth-order valence-corrected chi connectivity index (χ4v) is 3.75. The van der Waals surface area contributed by atoms with Crippen LogP contribution >= 0.6 is 0 Å². The summed E-state index contributed by atoms with van der Waals surface area (Å²) in [7, 11) is 0. The Morgan fingerprint density at radius 1 is 1.17 bits per heavy atom. The zero-order valence-electron chi connectivity index (χ0n) is 15.7. The number of hydrogen-bond donors (Lipinski definition) is 2. The minimum atomic E-state index is 0.335. The molecule has 1 heterocycles. The highest BCUT2D eigenvalue weighted by Gasteiger charge is 2.28. The molecule has 1 saturated carbocycles. The highest BCUT2D eigenvalue weighted by Crippen LogP contribution is 2.37. The minimum Gasteiger partial charge on any atom is -0.357 e. The number of guanidine groups is 1. The molecule has 0 aromatic heterocycles. The SMILES string of the molecule is CCNC(=NCC1(C)CCCC1)NCCCN1CCCCCC1=O. The Hall–Kier alpha value is -1.26. The Kier molecular flexibility index (Phi) is 7.86. The van der Waals surface area contributed by atoms with Crippen LogP contribution in [0.25, 0.3) is 0 Å². The van der Waals surface area contributed by atoms with Crippen LogP contribution in [0.15, 0.2) is 4.99 Å². The van der Waals surface area contributed by atoms with Gasteiger partial charge in [0.1, 0.15) is 0 Å². The van der Waals surface area contributed by atoms with Gasteiger partial charge in [-0.1, -0.05) is 26.2 Å². The molecule has 0 atom stereocenters. The van der Waals surface area contributed by atoms with E-state index in [4.69, 9.17) is 4.99 Å². The van der Waals surface area contributed by atoms with Crippen molar-refractivity contribution >= 4 is 11.9 Å². The molecule has 5 nitrogen and oxygen atoms in total. The van der Waals surface area contributed by atoms with Gasteiger partial charge >= 0.3 is 0 Å². The topological polar surface area (TPSA) is 56.7 Å². The second-order valence-corrected chi connectivity index (χ2v) is 7.68. The molecule has 2 rings (SSSR count). The number of nitrogens with one attached hydrogen (secondary N) is 2. The zero-order valence-corrected chi connectivity index (χ0v) is 15.7. The number of likely N-dealkylation sites (tertiary alicyclic amines) is 1. The molecule has 0 radical (unpaired) electrons. The van der Waals surface area contributed by atoms with Crippen molar-refractivity contribution in [3.63, 3.8) is 0 Å². The number of carbonyl (C=O) groups excluding carboxylic acids is 1. The molecular weight excluding hydrogens is 300 g/mol. The van der Waals surface area contributed by atoms with Crippen molar-refractivity contribution in [1.29, 1.82) is 0 Å². The summed E-state index contributed by atoms with van der Waals surface area (Å²) in [5.74, 6) is 1.26. The zero-order chi connectivity index (χ0) is 17.3. The van der Waals surface area contributed by atoms with E-state index in [1.807, 2.05) is 4.90 Å². The lowest BCUT2D eigenvalue weighted by Crippen LogP contribution is -2.40. The van der Waals surface area contributed by atoms with Crippen molar-refractivity contribution in [1.82, 2.24) is 15.5 Å². The van der Waals surface area contributed by atoms with Gasteiger partial charge in [0, 0.05) is 39.1 Å². The van der Waals surface area contributed by atoms with E-state index in [0.717, 1.165) is 64.4 Å². The monoisotopic (exact) mass is 336 g/mol. The van der Waals surface area contributed by atoms with Gasteiger partial charge in [0.15, 0.2) is 5.96 Å². The second kappa shape index (κ2) is 9.90. The molecule has 1 aliphatic carbocycles. The average molecular weight is 337 g/mol. The highest BCUT2D eigenvalue weighted by atomic mass is 16.2. The van der Waals surface area contributed by atoms with Crippen LogP contribution in [0.2, 0.25) is 0 Å². The van der Waals surface area contributed by atoms with Crippen molar-refractivity contribution in [3.8, 4) is 0 Å². The Morgan fingerprint density at radius 2 is 1.96 bits per heavy atom. The summed E-state index contributed by atoms with van der Waals surface area (Å²) in [6, 6.07) is 0. The van der Waals surface area contributed by atoms with E-state index in [-0.39, 0.29) is 0 Å². The summed E-state index contributed by atoms with van der Waals surface area (Å²) >= 11 is 0. The number of rotatable bonds is 7. The maximum absolute atomic E-state index is 12.0. The number of carbonyl (C=O) groups is 1. The molecule has 0 spiro atoms. The van der Waals surface area contributed by atoms with E-state index in [2.05, 4.69) is 24.5 Å². The Bertz CT molecular complexity index is 416. The van der Waals surface area contributed by atoms with Gasteiger partial charge in [0.05, 0.1) is 0 Å². The van der Waals surface area contributed by atoms with Crippen LogP contribution in [0.3, 0.4) is 0 Å². The molecule has 0 bridgehead atoms. The largest absolute Gasteiger partial charge is 0.357 e. The van der Waals surface area contributed by atoms with Crippen molar-refractivity contribution in [2.24, 2.45) is 10.4 Å². The van der Waals surface area contributed by atoms with E-state index in [9.17, 15) is 4.79 Å². The molecule has 0 aromatic rings. The molecule has 138 valence electrons. The third kappa shape index (κ3) is 6.33. The number of nitrogens with zero attached hydrogens (tertiary/aromatic N) is 2. The van der Waals surface area contributed by atoms with E-state index in [1.54, 1.807) is 0 Å². The molecule has 24 heavy (non-hydrogen) atoms.